The largest absolute Gasteiger partial charge is 0.492 e. The second kappa shape index (κ2) is 6.92. The van der Waals surface area contributed by atoms with E-state index in [1.54, 1.807) is 29.0 Å². The number of carbonyl (C=O) groups is 1. The molecule has 1 amide bonds. The number of likely N-dealkylation sites (N-methyl/N-ethyl adjacent to an activating group) is 1. The minimum Gasteiger partial charge on any atom is -0.492 e. The van der Waals surface area contributed by atoms with E-state index in [0.29, 0.717) is 13.2 Å². The average Bonchev–Trinajstić information content (AvgIpc) is 3.02. The molecule has 2 rings (SSSR count). The third kappa shape index (κ3) is 4.08. The van der Waals surface area contributed by atoms with Gasteiger partial charge in [0.15, 0.2) is 0 Å². The molecule has 0 saturated heterocycles. The van der Waals surface area contributed by atoms with Gasteiger partial charge in [-0.05, 0) is 32.0 Å². The normalized spacial score (nSPS) is 12.0. The fraction of sp³-hybridized carbons (Fsp3) is 0.375. The van der Waals surface area contributed by atoms with Gasteiger partial charge >= 0.3 is 0 Å². The molecule has 21 heavy (non-hydrogen) atoms. The van der Waals surface area contributed by atoms with Crippen molar-refractivity contribution in [1.29, 1.82) is 0 Å². The van der Waals surface area contributed by atoms with Gasteiger partial charge in [-0.1, -0.05) is 17.7 Å². The van der Waals surface area contributed by atoms with E-state index in [1.807, 2.05) is 44.2 Å². The van der Waals surface area contributed by atoms with Crippen LogP contribution >= 0.6 is 0 Å². The first-order valence-corrected chi connectivity index (χ1v) is 7.01. The minimum atomic E-state index is -0.302. The lowest BCUT2D eigenvalue weighted by molar-refractivity contribution is -0.133. The van der Waals surface area contributed by atoms with Crippen LogP contribution in [0.15, 0.2) is 42.7 Å². The quantitative estimate of drug-likeness (QED) is 0.819. The van der Waals surface area contributed by atoms with Crippen LogP contribution in [-0.4, -0.2) is 40.8 Å². The van der Waals surface area contributed by atoms with Gasteiger partial charge in [-0.25, -0.2) is 0 Å². The van der Waals surface area contributed by atoms with Crippen molar-refractivity contribution < 1.29 is 9.53 Å². The number of amides is 1. The number of ether oxygens (including phenoxy) is 1. The van der Waals surface area contributed by atoms with E-state index in [0.717, 1.165) is 5.75 Å². The van der Waals surface area contributed by atoms with Gasteiger partial charge < -0.3 is 9.64 Å². The topological polar surface area (TPSA) is 47.4 Å². The van der Waals surface area contributed by atoms with Crippen LogP contribution in [0.3, 0.4) is 0 Å². The first kappa shape index (κ1) is 15.1. The zero-order chi connectivity index (χ0) is 15.2. The predicted octanol–water partition coefficient (Wildman–Crippen LogP) is 2.29. The molecule has 5 nitrogen and oxygen atoms in total. The average molecular weight is 287 g/mol. The molecule has 112 valence electrons. The first-order chi connectivity index (χ1) is 10.1. The molecule has 1 aromatic carbocycles. The van der Waals surface area contributed by atoms with Gasteiger partial charge in [-0.2, -0.15) is 5.10 Å². The van der Waals surface area contributed by atoms with E-state index in [1.165, 1.54) is 5.56 Å². The van der Waals surface area contributed by atoms with Crippen LogP contribution in [0.2, 0.25) is 0 Å². The first-order valence-electron chi connectivity index (χ1n) is 7.01. The highest BCUT2D eigenvalue weighted by Crippen LogP contribution is 2.12. The van der Waals surface area contributed by atoms with Crippen LogP contribution in [0, 0.1) is 6.92 Å². The summed E-state index contributed by atoms with van der Waals surface area (Å²) in [5, 5.41) is 4.09. The van der Waals surface area contributed by atoms with Crippen molar-refractivity contribution in [2.45, 2.75) is 19.9 Å². The van der Waals surface area contributed by atoms with E-state index in [2.05, 4.69) is 5.10 Å². The van der Waals surface area contributed by atoms with Crippen molar-refractivity contribution in [3.63, 3.8) is 0 Å². The summed E-state index contributed by atoms with van der Waals surface area (Å²) in [6.07, 6.45) is 3.46. The number of nitrogens with zero attached hydrogens (tertiary/aromatic N) is 3. The highest BCUT2D eigenvalue weighted by molar-refractivity contribution is 5.79. The Hall–Kier alpha value is -2.30. The van der Waals surface area contributed by atoms with Gasteiger partial charge in [-0.3, -0.25) is 9.48 Å². The molecule has 1 atom stereocenters. The Balaban J connectivity index is 1.80. The third-order valence-electron chi connectivity index (χ3n) is 3.37. The zero-order valence-corrected chi connectivity index (χ0v) is 12.7. The van der Waals surface area contributed by atoms with E-state index in [4.69, 9.17) is 4.74 Å². The molecule has 0 bridgehead atoms. The molecule has 5 heteroatoms. The summed E-state index contributed by atoms with van der Waals surface area (Å²) in [5.74, 6) is 0.841. The Labute approximate surface area is 125 Å². The van der Waals surface area contributed by atoms with Crippen molar-refractivity contribution in [2.75, 3.05) is 20.2 Å². The van der Waals surface area contributed by atoms with E-state index >= 15 is 0 Å². The Morgan fingerprint density at radius 1 is 1.38 bits per heavy atom. The van der Waals surface area contributed by atoms with Gasteiger partial charge in [0.1, 0.15) is 18.4 Å². The van der Waals surface area contributed by atoms with E-state index in [-0.39, 0.29) is 11.9 Å². The van der Waals surface area contributed by atoms with Gasteiger partial charge in [0, 0.05) is 19.4 Å². The lowest BCUT2D eigenvalue weighted by Gasteiger charge is -2.21. The molecule has 0 aliphatic carbocycles. The van der Waals surface area contributed by atoms with Crippen LogP contribution in [0.25, 0.3) is 0 Å². The molecule has 0 saturated carbocycles. The SMILES string of the molecule is Cc1ccc(OCCN(C)C(=O)C(C)n2cccn2)cc1. The van der Waals surface area contributed by atoms with Crippen molar-refractivity contribution in [1.82, 2.24) is 14.7 Å². The van der Waals surface area contributed by atoms with E-state index in [9.17, 15) is 4.79 Å². The zero-order valence-electron chi connectivity index (χ0n) is 12.7. The Kier molecular flexibility index (Phi) is 4.98. The summed E-state index contributed by atoms with van der Waals surface area (Å²) in [4.78, 5) is 13.9. The lowest BCUT2D eigenvalue weighted by atomic mass is 10.2. The molecule has 1 heterocycles. The van der Waals surface area contributed by atoms with Gasteiger partial charge in [0.05, 0.1) is 6.54 Å². The molecule has 1 aromatic heterocycles. The molecule has 0 spiro atoms. The van der Waals surface area contributed by atoms with Gasteiger partial charge in [0.25, 0.3) is 0 Å². The summed E-state index contributed by atoms with van der Waals surface area (Å²) in [5.41, 5.74) is 1.20. The van der Waals surface area contributed by atoms with Crippen LogP contribution in [0.1, 0.15) is 18.5 Å². The van der Waals surface area contributed by atoms with Crippen molar-refractivity contribution in [3.05, 3.63) is 48.3 Å². The number of aromatic nitrogens is 2. The molecule has 0 aliphatic rings. The Bertz CT molecular complexity index is 564. The standard InChI is InChI=1S/C16H21N3O2/c1-13-5-7-15(8-6-13)21-12-11-18(3)16(20)14(2)19-10-4-9-17-19/h4-10,14H,11-12H2,1-3H3. The molecule has 0 fully saturated rings. The molecule has 0 radical (unpaired) electrons. The summed E-state index contributed by atoms with van der Waals surface area (Å²) < 4.78 is 7.29. The second-order valence-corrected chi connectivity index (χ2v) is 5.08. The van der Waals surface area contributed by atoms with Crippen LogP contribution in [0.4, 0.5) is 0 Å². The maximum absolute atomic E-state index is 12.2. The lowest BCUT2D eigenvalue weighted by Crippen LogP contribution is -2.36. The van der Waals surface area contributed by atoms with Crippen LogP contribution < -0.4 is 4.74 Å². The Morgan fingerprint density at radius 3 is 2.71 bits per heavy atom. The third-order valence-corrected chi connectivity index (χ3v) is 3.37. The maximum atomic E-state index is 12.2. The van der Waals surface area contributed by atoms with E-state index < -0.39 is 0 Å². The van der Waals surface area contributed by atoms with Crippen molar-refractivity contribution in [3.8, 4) is 5.75 Å². The fourth-order valence-corrected chi connectivity index (χ4v) is 1.99. The Morgan fingerprint density at radius 2 is 2.10 bits per heavy atom. The number of aryl methyl sites for hydroxylation is 1. The highest BCUT2D eigenvalue weighted by atomic mass is 16.5. The monoisotopic (exact) mass is 287 g/mol. The van der Waals surface area contributed by atoms with Crippen LogP contribution in [0.5, 0.6) is 5.75 Å². The van der Waals surface area contributed by atoms with Crippen LogP contribution in [-0.2, 0) is 4.79 Å². The second-order valence-electron chi connectivity index (χ2n) is 5.08. The van der Waals surface area contributed by atoms with Crippen molar-refractivity contribution in [2.24, 2.45) is 0 Å². The number of rotatable bonds is 6. The van der Waals surface area contributed by atoms with Gasteiger partial charge in [-0.15, -0.1) is 0 Å². The minimum absolute atomic E-state index is 0.0196. The predicted molar refractivity (Wildman–Crippen MR) is 81.2 cm³/mol. The maximum Gasteiger partial charge on any atom is 0.247 e. The van der Waals surface area contributed by atoms with Gasteiger partial charge in [0.2, 0.25) is 5.91 Å². The number of benzene rings is 1. The number of hydrogen-bond acceptors (Lipinski definition) is 3. The summed E-state index contributed by atoms with van der Waals surface area (Å²) in [6, 6.07) is 9.38. The summed E-state index contributed by atoms with van der Waals surface area (Å²) >= 11 is 0. The number of hydrogen-bond donors (Lipinski definition) is 0. The molecular weight excluding hydrogens is 266 g/mol. The number of carbonyl (C=O) groups excluding carboxylic acids is 1. The summed E-state index contributed by atoms with van der Waals surface area (Å²) in [6.45, 7) is 4.88. The summed E-state index contributed by atoms with van der Waals surface area (Å²) in [7, 11) is 1.78. The fourth-order valence-electron chi connectivity index (χ4n) is 1.99. The molecule has 2 aromatic rings. The molecular formula is C16H21N3O2. The molecule has 0 N–H and O–H groups in total. The molecule has 1 unspecified atom stereocenters. The molecule has 0 aliphatic heterocycles. The highest BCUT2D eigenvalue weighted by Gasteiger charge is 2.18. The smallest absolute Gasteiger partial charge is 0.247 e. The van der Waals surface area contributed by atoms with Crippen molar-refractivity contribution >= 4 is 5.91 Å².